The average molecular weight is 833 g/mol. The number of aromatic nitrogens is 2. The van der Waals surface area contributed by atoms with E-state index < -0.39 is 0 Å². The highest BCUT2D eigenvalue weighted by molar-refractivity contribution is 6.14. The lowest BCUT2D eigenvalue weighted by molar-refractivity contribution is 0.0506. The second kappa shape index (κ2) is 18.2. The van der Waals surface area contributed by atoms with Crippen LogP contribution in [0.3, 0.4) is 0 Å². The fourth-order valence-electron chi connectivity index (χ4n) is 8.52. The summed E-state index contributed by atoms with van der Waals surface area (Å²) in [6.07, 6.45) is 3.68. The number of hydrogen-bond acceptors (Lipinski definition) is 6. The van der Waals surface area contributed by atoms with Crippen molar-refractivity contribution in [2.24, 2.45) is 0 Å². The monoisotopic (exact) mass is 832 g/mol. The first-order valence-electron chi connectivity index (χ1n) is 21.3. The molecule has 0 unspecified atom stereocenters. The number of nitrogens with zero attached hydrogens (tertiary/aromatic N) is 2. The van der Waals surface area contributed by atoms with Crippen LogP contribution >= 0.6 is 0 Å². The molecular formula is C58H44N2O4. The Labute approximate surface area is 373 Å². The number of ether oxygens (including phenoxy) is 4. The zero-order chi connectivity index (χ0) is 43.2. The van der Waals surface area contributed by atoms with Gasteiger partial charge in [0.1, 0.15) is 11.5 Å². The van der Waals surface area contributed by atoms with Gasteiger partial charge in [0.15, 0.2) is 13.6 Å². The van der Waals surface area contributed by atoms with Gasteiger partial charge in [-0.2, -0.15) is 0 Å². The number of methoxy groups -OCH3 is 2. The minimum absolute atomic E-state index is 0.0460. The minimum Gasteiger partial charge on any atom is -0.466 e. The summed E-state index contributed by atoms with van der Waals surface area (Å²) in [6.45, 7) is 0.0968. The Bertz CT molecular complexity index is 2970. The van der Waals surface area contributed by atoms with Gasteiger partial charge in [-0.3, -0.25) is 9.97 Å². The van der Waals surface area contributed by atoms with E-state index in [-0.39, 0.29) is 13.6 Å². The van der Waals surface area contributed by atoms with E-state index in [0.717, 1.165) is 88.6 Å². The van der Waals surface area contributed by atoms with Crippen LogP contribution in [-0.2, 0) is 9.47 Å². The second-order valence-corrected chi connectivity index (χ2v) is 15.5. The van der Waals surface area contributed by atoms with E-state index in [1.165, 1.54) is 11.1 Å². The predicted octanol–water partition coefficient (Wildman–Crippen LogP) is 14.4. The first kappa shape index (κ1) is 40.2. The Morgan fingerprint density at radius 3 is 1.22 bits per heavy atom. The SMILES string of the molecule is COCOc1c(-c2ccc(-c3ccc(-c4ccccc4)cc3)cc2)cc2ccccc2c1-c1c(OCOC)c(-c2ccc(-c3ccc(-c4ccccn4)nc3)cc2)cc2ccccc12. The Balaban J connectivity index is 1.11. The van der Waals surface area contributed by atoms with E-state index in [1.807, 2.05) is 36.5 Å². The summed E-state index contributed by atoms with van der Waals surface area (Å²) < 4.78 is 24.7. The van der Waals surface area contributed by atoms with Crippen LogP contribution in [0.15, 0.2) is 207 Å². The third-order valence-electron chi connectivity index (χ3n) is 11.6. The molecule has 0 fully saturated rings. The molecule has 6 heteroatoms. The molecule has 2 heterocycles. The van der Waals surface area contributed by atoms with Crippen molar-refractivity contribution in [1.82, 2.24) is 9.97 Å². The highest BCUT2D eigenvalue weighted by Gasteiger charge is 2.26. The first-order chi connectivity index (χ1) is 31.7. The second-order valence-electron chi connectivity index (χ2n) is 15.5. The lowest BCUT2D eigenvalue weighted by atomic mass is 9.86. The summed E-state index contributed by atoms with van der Waals surface area (Å²) in [5, 5.41) is 4.17. The van der Waals surface area contributed by atoms with Crippen LogP contribution in [0.25, 0.3) is 99.7 Å². The fraction of sp³-hybridized carbons (Fsp3) is 0.0690. The van der Waals surface area contributed by atoms with Gasteiger partial charge in [-0.1, -0.05) is 164 Å². The van der Waals surface area contributed by atoms with E-state index in [9.17, 15) is 0 Å². The highest BCUT2D eigenvalue weighted by Crippen LogP contribution is 2.52. The molecular weight excluding hydrogens is 789 g/mol. The van der Waals surface area contributed by atoms with Crippen molar-refractivity contribution in [3.05, 3.63) is 207 Å². The fourth-order valence-corrected chi connectivity index (χ4v) is 8.52. The molecule has 0 radical (unpaired) electrons. The van der Waals surface area contributed by atoms with Crippen LogP contribution in [-0.4, -0.2) is 37.8 Å². The molecule has 0 atom stereocenters. The number of fused-ring (bicyclic) bond motifs is 2. The smallest absolute Gasteiger partial charge is 0.188 e. The molecule has 8 aromatic carbocycles. The Morgan fingerprint density at radius 1 is 0.359 bits per heavy atom. The van der Waals surface area contributed by atoms with Crippen LogP contribution in [0.2, 0.25) is 0 Å². The van der Waals surface area contributed by atoms with Crippen molar-refractivity contribution in [3.63, 3.8) is 0 Å². The van der Waals surface area contributed by atoms with E-state index in [4.69, 9.17) is 23.9 Å². The van der Waals surface area contributed by atoms with Crippen LogP contribution in [0.1, 0.15) is 0 Å². The van der Waals surface area contributed by atoms with E-state index in [0.29, 0.717) is 11.5 Å². The van der Waals surface area contributed by atoms with Crippen molar-refractivity contribution >= 4 is 21.5 Å². The van der Waals surface area contributed by atoms with Crippen molar-refractivity contribution in [1.29, 1.82) is 0 Å². The van der Waals surface area contributed by atoms with Gasteiger partial charge in [0, 0.05) is 54.4 Å². The molecule has 0 aliphatic heterocycles. The molecule has 0 saturated carbocycles. The molecule has 0 aliphatic carbocycles. The van der Waals surface area contributed by atoms with Gasteiger partial charge < -0.3 is 18.9 Å². The maximum atomic E-state index is 6.74. The predicted molar refractivity (Wildman–Crippen MR) is 260 cm³/mol. The molecule has 2 aromatic heterocycles. The molecule has 0 N–H and O–H groups in total. The van der Waals surface area contributed by atoms with Crippen molar-refractivity contribution in [2.75, 3.05) is 27.8 Å². The first-order valence-corrected chi connectivity index (χ1v) is 21.3. The van der Waals surface area contributed by atoms with Crippen LogP contribution in [0.5, 0.6) is 11.5 Å². The molecule has 10 rings (SSSR count). The number of hydrogen-bond donors (Lipinski definition) is 0. The molecule has 0 amide bonds. The van der Waals surface area contributed by atoms with Gasteiger partial charge >= 0.3 is 0 Å². The largest absolute Gasteiger partial charge is 0.466 e. The van der Waals surface area contributed by atoms with Crippen molar-refractivity contribution in [3.8, 4) is 89.6 Å². The summed E-state index contributed by atoms with van der Waals surface area (Å²) >= 11 is 0. The van der Waals surface area contributed by atoms with Gasteiger partial charge in [0.2, 0.25) is 0 Å². The summed E-state index contributed by atoms with van der Waals surface area (Å²) in [5.41, 5.74) is 14.1. The van der Waals surface area contributed by atoms with Gasteiger partial charge in [-0.25, -0.2) is 0 Å². The lowest BCUT2D eigenvalue weighted by Crippen LogP contribution is -2.06. The standard InChI is InChI=1S/C58H44N2O4/c1-61-37-63-57-51(44-27-23-42(24-28-44)41-21-19-40(20-22-41)39-12-4-3-5-13-39)34-46-14-6-8-16-49(46)55(57)56-50-17-9-7-15-47(50)35-52(58(56)64-38-62-2)45-29-25-43(26-30-45)48-31-32-54(60-36-48)53-18-10-11-33-59-53/h3-36H,37-38H2,1-2H3. The van der Waals surface area contributed by atoms with Crippen LogP contribution < -0.4 is 9.47 Å². The third-order valence-corrected chi connectivity index (χ3v) is 11.6. The minimum atomic E-state index is 0.0460. The maximum absolute atomic E-state index is 6.74. The molecule has 6 nitrogen and oxygen atoms in total. The van der Waals surface area contributed by atoms with Gasteiger partial charge in [-0.05, 0) is 90.8 Å². The quantitative estimate of drug-likeness (QED) is 0.108. The maximum Gasteiger partial charge on any atom is 0.188 e. The Hall–Kier alpha value is -7.90. The summed E-state index contributed by atoms with van der Waals surface area (Å²) in [4.78, 5) is 9.19. The van der Waals surface area contributed by atoms with Crippen molar-refractivity contribution < 1.29 is 18.9 Å². The Morgan fingerprint density at radius 2 is 0.766 bits per heavy atom. The zero-order valence-electron chi connectivity index (χ0n) is 35.6. The van der Waals surface area contributed by atoms with Crippen LogP contribution in [0.4, 0.5) is 0 Å². The average Bonchev–Trinajstić information content (AvgIpc) is 3.37. The lowest BCUT2D eigenvalue weighted by Gasteiger charge is -2.24. The van der Waals surface area contributed by atoms with Crippen LogP contribution in [0, 0.1) is 0 Å². The summed E-state index contributed by atoms with van der Waals surface area (Å²) in [6, 6.07) is 67.7. The molecule has 0 bridgehead atoms. The summed E-state index contributed by atoms with van der Waals surface area (Å²) in [5.74, 6) is 1.38. The van der Waals surface area contributed by atoms with Gasteiger partial charge in [0.05, 0.1) is 11.4 Å². The number of rotatable bonds is 13. The van der Waals surface area contributed by atoms with E-state index >= 15 is 0 Å². The highest BCUT2D eigenvalue weighted by atomic mass is 16.7. The van der Waals surface area contributed by atoms with E-state index in [1.54, 1.807) is 20.4 Å². The molecule has 64 heavy (non-hydrogen) atoms. The molecule has 0 saturated heterocycles. The van der Waals surface area contributed by atoms with E-state index in [2.05, 4.69) is 169 Å². The molecule has 10 aromatic rings. The van der Waals surface area contributed by atoms with Crippen molar-refractivity contribution in [2.45, 2.75) is 0 Å². The number of benzene rings is 8. The van der Waals surface area contributed by atoms with Gasteiger partial charge in [0.25, 0.3) is 0 Å². The normalized spacial score (nSPS) is 11.2. The molecule has 310 valence electrons. The zero-order valence-corrected chi connectivity index (χ0v) is 35.6. The Kier molecular flexibility index (Phi) is 11.4. The number of pyridine rings is 2. The van der Waals surface area contributed by atoms with Gasteiger partial charge in [-0.15, -0.1) is 0 Å². The molecule has 0 aliphatic rings. The summed E-state index contributed by atoms with van der Waals surface area (Å²) in [7, 11) is 3.29. The third kappa shape index (κ3) is 8.00. The topological polar surface area (TPSA) is 62.7 Å². The molecule has 0 spiro atoms.